The summed E-state index contributed by atoms with van der Waals surface area (Å²) < 4.78 is 43.3. The predicted octanol–water partition coefficient (Wildman–Crippen LogP) is 4.20. The number of esters is 1. The summed E-state index contributed by atoms with van der Waals surface area (Å²) in [4.78, 5) is 23.7. The molecule has 27 heavy (non-hydrogen) atoms. The van der Waals surface area contributed by atoms with E-state index in [-0.39, 0.29) is 12.5 Å². The van der Waals surface area contributed by atoms with Crippen LogP contribution in [0.1, 0.15) is 45.7 Å². The molecule has 0 bridgehead atoms. The molecule has 2 aromatic carbocycles. The molecule has 0 spiro atoms. The minimum atomic E-state index is -4.42. The number of methoxy groups -OCH3 is 1. The summed E-state index contributed by atoms with van der Waals surface area (Å²) in [6, 6.07) is 11.0. The Hall–Kier alpha value is -2.83. The van der Waals surface area contributed by atoms with Crippen LogP contribution in [0.25, 0.3) is 0 Å². The summed E-state index contributed by atoms with van der Waals surface area (Å²) in [5.74, 6) is -0.890. The van der Waals surface area contributed by atoms with E-state index < -0.39 is 23.1 Å². The van der Waals surface area contributed by atoms with Crippen molar-refractivity contribution in [2.75, 3.05) is 13.7 Å². The first-order chi connectivity index (χ1) is 12.5. The van der Waals surface area contributed by atoms with Gasteiger partial charge in [0.15, 0.2) is 0 Å². The average Bonchev–Trinajstić information content (AvgIpc) is 2.65. The Kier molecular flexibility index (Phi) is 5.93. The fourth-order valence-electron chi connectivity index (χ4n) is 2.50. The summed E-state index contributed by atoms with van der Waals surface area (Å²) in [5.41, 5.74) is -0.305. The highest BCUT2D eigenvalue weighted by molar-refractivity contribution is 5.96. The molecule has 0 heterocycles. The minimum absolute atomic E-state index is 0.145. The van der Waals surface area contributed by atoms with Gasteiger partial charge in [0.25, 0.3) is 5.91 Å². The van der Waals surface area contributed by atoms with Crippen molar-refractivity contribution < 1.29 is 27.5 Å². The summed E-state index contributed by atoms with van der Waals surface area (Å²) in [7, 11) is 1.26. The van der Waals surface area contributed by atoms with E-state index >= 15 is 0 Å². The van der Waals surface area contributed by atoms with Gasteiger partial charge in [-0.3, -0.25) is 4.79 Å². The van der Waals surface area contributed by atoms with E-state index in [1.165, 1.54) is 37.4 Å². The largest absolute Gasteiger partial charge is 0.465 e. The second-order valence-electron chi connectivity index (χ2n) is 6.71. The lowest BCUT2D eigenvalue weighted by atomic mass is 9.83. The van der Waals surface area contributed by atoms with E-state index in [0.717, 1.165) is 12.1 Å². The molecule has 0 aliphatic carbocycles. The maximum atomic E-state index is 12.9. The van der Waals surface area contributed by atoms with Crippen LogP contribution in [0.3, 0.4) is 0 Å². The van der Waals surface area contributed by atoms with Gasteiger partial charge in [-0.05, 0) is 35.9 Å². The SMILES string of the molecule is COC(=O)c1ccc(C(=O)NCC(C)(C)c2cccc(C(F)(F)F)c2)cc1. The lowest BCUT2D eigenvalue weighted by Gasteiger charge is -2.26. The lowest BCUT2D eigenvalue weighted by molar-refractivity contribution is -0.137. The molecule has 0 aliphatic heterocycles. The van der Waals surface area contributed by atoms with Crippen LogP contribution in [-0.4, -0.2) is 25.5 Å². The Morgan fingerprint density at radius 1 is 0.963 bits per heavy atom. The highest BCUT2D eigenvalue weighted by Gasteiger charge is 2.32. The fourth-order valence-corrected chi connectivity index (χ4v) is 2.50. The highest BCUT2D eigenvalue weighted by Crippen LogP contribution is 2.32. The van der Waals surface area contributed by atoms with Gasteiger partial charge in [0.2, 0.25) is 0 Å². The molecule has 0 atom stereocenters. The quantitative estimate of drug-likeness (QED) is 0.793. The molecule has 0 radical (unpaired) electrons. The van der Waals surface area contributed by atoms with Crippen molar-refractivity contribution in [1.29, 1.82) is 0 Å². The van der Waals surface area contributed by atoms with Gasteiger partial charge in [0.05, 0.1) is 18.2 Å². The predicted molar refractivity (Wildman–Crippen MR) is 94.6 cm³/mol. The summed E-state index contributed by atoms with van der Waals surface area (Å²) in [6.45, 7) is 3.65. The zero-order valence-corrected chi connectivity index (χ0v) is 15.2. The van der Waals surface area contributed by atoms with Crippen molar-refractivity contribution in [3.8, 4) is 0 Å². The Balaban J connectivity index is 2.08. The van der Waals surface area contributed by atoms with Crippen LogP contribution in [0, 0.1) is 0 Å². The van der Waals surface area contributed by atoms with E-state index in [1.54, 1.807) is 19.9 Å². The summed E-state index contributed by atoms with van der Waals surface area (Å²) in [5, 5.41) is 2.72. The van der Waals surface area contributed by atoms with Crippen LogP contribution in [0.4, 0.5) is 13.2 Å². The molecule has 2 aromatic rings. The van der Waals surface area contributed by atoms with Gasteiger partial charge in [-0.1, -0.05) is 32.0 Å². The van der Waals surface area contributed by atoms with Crippen molar-refractivity contribution >= 4 is 11.9 Å². The summed E-state index contributed by atoms with van der Waals surface area (Å²) in [6.07, 6.45) is -4.42. The van der Waals surface area contributed by atoms with E-state index in [9.17, 15) is 22.8 Å². The molecule has 2 rings (SSSR count). The Morgan fingerprint density at radius 2 is 1.52 bits per heavy atom. The smallest absolute Gasteiger partial charge is 0.416 e. The standard InChI is InChI=1S/C20H20F3NO3/c1-19(2,15-5-4-6-16(11-15)20(21,22)23)12-24-17(25)13-7-9-14(10-8-13)18(26)27-3/h4-11H,12H2,1-3H3,(H,24,25). The number of amides is 1. The van der Waals surface area contributed by atoms with Crippen LogP contribution in [0.2, 0.25) is 0 Å². The number of hydrogen-bond donors (Lipinski definition) is 1. The van der Waals surface area contributed by atoms with Crippen molar-refractivity contribution in [1.82, 2.24) is 5.32 Å². The molecule has 0 aliphatic rings. The minimum Gasteiger partial charge on any atom is -0.465 e. The molecule has 0 aromatic heterocycles. The third kappa shape index (κ3) is 5.09. The monoisotopic (exact) mass is 379 g/mol. The molecule has 4 nitrogen and oxygen atoms in total. The van der Waals surface area contributed by atoms with E-state index in [0.29, 0.717) is 16.7 Å². The Labute approximate surface area is 155 Å². The van der Waals surface area contributed by atoms with E-state index in [4.69, 9.17) is 0 Å². The maximum absolute atomic E-state index is 12.9. The van der Waals surface area contributed by atoms with Crippen LogP contribution < -0.4 is 5.32 Å². The molecule has 144 valence electrons. The Bertz CT molecular complexity index is 827. The van der Waals surface area contributed by atoms with Gasteiger partial charge in [-0.2, -0.15) is 13.2 Å². The van der Waals surface area contributed by atoms with Gasteiger partial charge >= 0.3 is 12.1 Å². The first kappa shape index (κ1) is 20.5. The zero-order valence-electron chi connectivity index (χ0n) is 15.2. The number of benzene rings is 2. The Morgan fingerprint density at radius 3 is 2.07 bits per heavy atom. The average molecular weight is 379 g/mol. The van der Waals surface area contributed by atoms with Gasteiger partial charge in [0.1, 0.15) is 0 Å². The van der Waals surface area contributed by atoms with Gasteiger partial charge < -0.3 is 10.1 Å². The third-order valence-electron chi connectivity index (χ3n) is 4.23. The first-order valence-corrected chi connectivity index (χ1v) is 8.19. The van der Waals surface area contributed by atoms with Crippen molar-refractivity contribution in [2.45, 2.75) is 25.4 Å². The van der Waals surface area contributed by atoms with Crippen molar-refractivity contribution in [2.24, 2.45) is 0 Å². The summed E-state index contributed by atoms with van der Waals surface area (Å²) >= 11 is 0. The second-order valence-corrected chi connectivity index (χ2v) is 6.71. The van der Waals surface area contributed by atoms with Gasteiger partial charge in [-0.25, -0.2) is 4.79 Å². The molecule has 0 unspecified atom stereocenters. The first-order valence-electron chi connectivity index (χ1n) is 8.19. The number of nitrogens with one attached hydrogen (secondary N) is 1. The number of alkyl halides is 3. The number of rotatable bonds is 5. The molecular formula is C20H20F3NO3. The van der Waals surface area contributed by atoms with Gasteiger partial charge in [-0.15, -0.1) is 0 Å². The number of ether oxygens (including phenoxy) is 1. The normalized spacial score (nSPS) is 11.8. The number of hydrogen-bond acceptors (Lipinski definition) is 3. The molecule has 7 heteroatoms. The van der Waals surface area contributed by atoms with Crippen LogP contribution in [-0.2, 0) is 16.3 Å². The number of carbonyl (C=O) groups is 2. The highest BCUT2D eigenvalue weighted by atomic mass is 19.4. The van der Waals surface area contributed by atoms with Crippen LogP contribution in [0.5, 0.6) is 0 Å². The fraction of sp³-hybridized carbons (Fsp3) is 0.300. The zero-order chi connectivity index (χ0) is 20.2. The van der Waals surface area contributed by atoms with E-state index in [2.05, 4.69) is 10.1 Å². The van der Waals surface area contributed by atoms with Crippen molar-refractivity contribution in [3.63, 3.8) is 0 Å². The van der Waals surface area contributed by atoms with Crippen LogP contribution in [0.15, 0.2) is 48.5 Å². The molecule has 1 amide bonds. The van der Waals surface area contributed by atoms with Crippen molar-refractivity contribution in [3.05, 3.63) is 70.8 Å². The third-order valence-corrected chi connectivity index (χ3v) is 4.23. The van der Waals surface area contributed by atoms with E-state index in [1.807, 2.05) is 0 Å². The molecule has 0 saturated heterocycles. The molecule has 0 fully saturated rings. The number of carbonyl (C=O) groups excluding carboxylic acids is 2. The maximum Gasteiger partial charge on any atom is 0.416 e. The van der Waals surface area contributed by atoms with Gasteiger partial charge in [0, 0.05) is 17.5 Å². The molecule has 0 saturated carbocycles. The lowest BCUT2D eigenvalue weighted by Crippen LogP contribution is -2.36. The molecular weight excluding hydrogens is 359 g/mol. The van der Waals surface area contributed by atoms with Crippen LogP contribution >= 0.6 is 0 Å². The number of halogens is 3. The molecule has 1 N–H and O–H groups in total. The second kappa shape index (κ2) is 7.82. The topological polar surface area (TPSA) is 55.4 Å².